The number of aromatic nitrogens is 7. The molecule has 118 valence electrons. The summed E-state index contributed by atoms with van der Waals surface area (Å²) in [7, 11) is 5.28. The smallest absolute Gasteiger partial charge is 0.254 e. The molecule has 9 nitrogen and oxygen atoms in total. The standard InChI is InChI=1S/C14H16N8O/c1-20(8-12-16-15-9-21(12)2)14(23)11-6-4-10(5-7-11)13-17-19-22(3)18-13/h4-7,9H,8H2,1-3H3. The molecule has 3 aromatic rings. The van der Waals surface area contributed by atoms with Crippen molar-refractivity contribution in [3.05, 3.63) is 42.0 Å². The van der Waals surface area contributed by atoms with Crippen LogP contribution in [-0.4, -0.2) is 52.8 Å². The lowest BCUT2D eigenvalue weighted by atomic mass is 10.1. The number of amides is 1. The van der Waals surface area contributed by atoms with Crippen LogP contribution in [0.25, 0.3) is 11.4 Å². The average Bonchev–Trinajstić information content (AvgIpc) is 3.16. The SMILES string of the molecule is CN(Cc1nncn1C)C(=O)c1ccc(-c2nnn(C)n2)cc1. The fourth-order valence-corrected chi connectivity index (χ4v) is 2.12. The molecule has 0 saturated heterocycles. The summed E-state index contributed by atoms with van der Waals surface area (Å²) in [5.41, 5.74) is 1.40. The Labute approximate surface area is 132 Å². The first-order valence-corrected chi connectivity index (χ1v) is 6.97. The maximum atomic E-state index is 12.5. The zero-order valence-electron chi connectivity index (χ0n) is 13.1. The zero-order chi connectivity index (χ0) is 16.4. The molecule has 1 amide bonds. The molecule has 0 aliphatic heterocycles. The van der Waals surface area contributed by atoms with Crippen molar-refractivity contribution in [1.82, 2.24) is 39.9 Å². The van der Waals surface area contributed by atoms with Gasteiger partial charge in [0.25, 0.3) is 5.91 Å². The Hall–Kier alpha value is -3.10. The van der Waals surface area contributed by atoms with Gasteiger partial charge in [0.2, 0.25) is 5.82 Å². The average molecular weight is 312 g/mol. The van der Waals surface area contributed by atoms with E-state index in [1.54, 1.807) is 54.2 Å². The van der Waals surface area contributed by atoms with E-state index in [0.717, 1.165) is 11.4 Å². The largest absolute Gasteiger partial charge is 0.334 e. The van der Waals surface area contributed by atoms with Crippen molar-refractivity contribution in [3.63, 3.8) is 0 Å². The fraction of sp³-hybridized carbons (Fsp3) is 0.286. The third kappa shape index (κ3) is 3.07. The van der Waals surface area contributed by atoms with Gasteiger partial charge in [0, 0.05) is 25.2 Å². The van der Waals surface area contributed by atoms with E-state index in [9.17, 15) is 4.79 Å². The molecule has 0 N–H and O–H groups in total. The monoisotopic (exact) mass is 312 g/mol. The summed E-state index contributed by atoms with van der Waals surface area (Å²) in [6.07, 6.45) is 1.61. The van der Waals surface area contributed by atoms with Crippen molar-refractivity contribution in [2.45, 2.75) is 6.54 Å². The highest BCUT2D eigenvalue weighted by Crippen LogP contribution is 2.15. The molecule has 0 saturated carbocycles. The second kappa shape index (κ2) is 5.95. The topological polar surface area (TPSA) is 94.6 Å². The Morgan fingerprint density at radius 1 is 1.17 bits per heavy atom. The summed E-state index contributed by atoms with van der Waals surface area (Å²) in [5.74, 6) is 1.16. The van der Waals surface area contributed by atoms with E-state index in [0.29, 0.717) is 17.9 Å². The molecule has 2 heterocycles. The normalized spacial score (nSPS) is 10.7. The van der Waals surface area contributed by atoms with Crippen LogP contribution in [0, 0.1) is 0 Å². The minimum Gasteiger partial charge on any atom is -0.334 e. The van der Waals surface area contributed by atoms with E-state index in [1.807, 2.05) is 7.05 Å². The van der Waals surface area contributed by atoms with Crippen LogP contribution < -0.4 is 0 Å². The van der Waals surface area contributed by atoms with Crippen molar-refractivity contribution in [2.24, 2.45) is 14.1 Å². The van der Waals surface area contributed by atoms with Gasteiger partial charge in [0.1, 0.15) is 6.33 Å². The van der Waals surface area contributed by atoms with Gasteiger partial charge in [-0.25, -0.2) is 0 Å². The molecular formula is C14H16N8O. The first kappa shape index (κ1) is 14.8. The Bertz CT molecular complexity index is 819. The van der Waals surface area contributed by atoms with Crippen LogP contribution >= 0.6 is 0 Å². The quantitative estimate of drug-likeness (QED) is 0.686. The van der Waals surface area contributed by atoms with Crippen molar-refractivity contribution >= 4 is 5.91 Å². The zero-order valence-corrected chi connectivity index (χ0v) is 13.1. The van der Waals surface area contributed by atoms with E-state index in [2.05, 4.69) is 25.6 Å². The molecule has 0 aliphatic rings. The van der Waals surface area contributed by atoms with Crippen LogP contribution in [-0.2, 0) is 20.6 Å². The fourth-order valence-electron chi connectivity index (χ4n) is 2.12. The van der Waals surface area contributed by atoms with Gasteiger partial charge in [-0.1, -0.05) is 12.1 Å². The van der Waals surface area contributed by atoms with E-state index in [-0.39, 0.29) is 5.91 Å². The van der Waals surface area contributed by atoms with Crippen LogP contribution in [0.5, 0.6) is 0 Å². The van der Waals surface area contributed by atoms with Gasteiger partial charge in [-0.3, -0.25) is 4.79 Å². The number of hydrogen-bond donors (Lipinski definition) is 0. The number of carbonyl (C=O) groups excluding carboxylic acids is 1. The highest BCUT2D eigenvalue weighted by molar-refractivity contribution is 5.94. The van der Waals surface area contributed by atoms with Crippen LogP contribution in [0.4, 0.5) is 0 Å². The molecule has 0 aliphatic carbocycles. The van der Waals surface area contributed by atoms with Gasteiger partial charge in [-0.05, 0) is 17.3 Å². The molecule has 3 rings (SSSR count). The van der Waals surface area contributed by atoms with Gasteiger partial charge in [-0.2, -0.15) is 4.80 Å². The minimum absolute atomic E-state index is 0.0911. The maximum absolute atomic E-state index is 12.5. The van der Waals surface area contributed by atoms with E-state index in [1.165, 1.54) is 4.80 Å². The molecule has 23 heavy (non-hydrogen) atoms. The number of tetrazole rings is 1. The summed E-state index contributed by atoms with van der Waals surface area (Å²) < 4.78 is 1.78. The highest BCUT2D eigenvalue weighted by atomic mass is 16.2. The first-order chi connectivity index (χ1) is 11.0. The van der Waals surface area contributed by atoms with Gasteiger partial charge in [-0.15, -0.1) is 20.4 Å². The minimum atomic E-state index is -0.0911. The maximum Gasteiger partial charge on any atom is 0.254 e. The first-order valence-electron chi connectivity index (χ1n) is 6.97. The third-order valence-corrected chi connectivity index (χ3v) is 3.43. The summed E-state index contributed by atoms with van der Waals surface area (Å²) >= 11 is 0. The second-order valence-corrected chi connectivity index (χ2v) is 5.20. The molecule has 2 aromatic heterocycles. The molecule has 0 unspecified atom stereocenters. The van der Waals surface area contributed by atoms with E-state index in [4.69, 9.17) is 0 Å². The number of hydrogen-bond acceptors (Lipinski definition) is 6. The third-order valence-electron chi connectivity index (χ3n) is 3.43. The number of nitrogens with zero attached hydrogens (tertiary/aromatic N) is 8. The lowest BCUT2D eigenvalue weighted by Crippen LogP contribution is -2.27. The number of aryl methyl sites for hydroxylation is 2. The van der Waals surface area contributed by atoms with Crippen LogP contribution in [0.15, 0.2) is 30.6 Å². The summed E-state index contributed by atoms with van der Waals surface area (Å²) in [6.45, 7) is 0.392. The molecule has 1 aromatic carbocycles. The van der Waals surface area contributed by atoms with Crippen molar-refractivity contribution in [1.29, 1.82) is 0 Å². The van der Waals surface area contributed by atoms with Crippen LogP contribution in [0.3, 0.4) is 0 Å². The Morgan fingerprint density at radius 3 is 2.48 bits per heavy atom. The van der Waals surface area contributed by atoms with Gasteiger partial charge >= 0.3 is 0 Å². The molecule has 0 atom stereocenters. The molecule has 0 spiro atoms. The summed E-state index contributed by atoms with van der Waals surface area (Å²) in [4.78, 5) is 15.4. The highest BCUT2D eigenvalue weighted by Gasteiger charge is 2.15. The van der Waals surface area contributed by atoms with Crippen LogP contribution in [0.1, 0.15) is 16.2 Å². The predicted molar refractivity (Wildman–Crippen MR) is 81.0 cm³/mol. The van der Waals surface area contributed by atoms with Crippen molar-refractivity contribution in [2.75, 3.05) is 7.05 Å². The van der Waals surface area contributed by atoms with E-state index >= 15 is 0 Å². The van der Waals surface area contributed by atoms with Gasteiger partial charge < -0.3 is 9.47 Å². The Balaban J connectivity index is 1.73. The Morgan fingerprint density at radius 2 is 1.91 bits per heavy atom. The lowest BCUT2D eigenvalue weighted by Gasteiger charge is -2.16. The summed E-state index contributed by atoms with van der Waals surface area (Å²) in [5, 5.41) is 19.7. The number of rotatable bonds is 4. The number of benzene rings is 1. The van der Waals surface area contributed by atoms with E-state index < -0.39 is 0 Å². The van der Waals surface area contributed by atoms with Crippen molar-refractivity contribution < 1.29 is 4.79 Å². The number of carbonyl (C=O) groups is 1. The molecule has 0 bridgehead atoms. The lowest BCUT2D eigenvalue weighted by molar-refractivity contribution is 0.0780. The molecular weight excluding hydrogens is 296 g/mol. The summed E-state index contributed by atoms with van der Waals surface area (Å²) in [6, 6.07) is 7.11. The van der Waals surface area contributed by atoms with Crippen molar-refractivity contribution in [3.8, 4) is 11.4 Å². The van der Waals surface area contributed by atoms with Gasteiger partial charge in [0.05, 0.1) is 13.6 Å². The van der Waals surface area contributed by atoms with Crippen LogP contribution in [0.2, 0.25) is 0 Å². The molecule has 0 fully saturated rings. The Kier molecular flexibility index (Phi) is 3.83. The predicted octanol–water partition coefficient (Wildman–Crippen LogP) is 0.278. The van der Waals surface area contributed by atoms with Gasteiger partial charge in [0.15, 0.2) is 5.82 Å². The molecule has 0 radical (unpaired) electrons. The molecule has 9 heteroatoms. The second-order valence-electron chi connectivity index (χ2n) is 5.20.